The summed E-state index contributed by atoms with van der Waals surface area (Å²) < 4.78 is 31.3. The lowest BCUT2D eigenvalue weighted by Crippen LogP contribution is -2.09. The van der Waals surface area contributed by atoms with Crippen LogP contribution in [0.1, 0.15) is 11.3 Å². The largest absolute Gasteiger partial charge is 0.493 e. The van der Waals surface area contributed by atoms with E-state index in [0.29, 0.717) is 19.3 Å². The van der Waals surface area contributed by atoms with Crippen LogP contribution in [0.15, 0.2) is 11.4 Å². The van der Waals surface area contributed by atoms with E-state index in [4.69, 9.17) is 14.4 Å². The Kier molecular flexibility index (Phi) is 8.94. The molecule has 0 bridgehead atoms. The lowest BCUT2D eigenvalue weighted by atomic mass is 10.4. The number of thiophene rings is 1. The quantitative estimate of drug-likeness (QED) is 0.604. The van der Waals surface area contributed by atoms with Crippen molar-refractivity contribution in [2.24, 2.45) is 0 Å². The third-order valence-electron chi connectivity index (χ3n) is 1.67. The van der Waals surface area contributed by atoms with Gasteiger partial charge in [0.2, 0.25) is 0 Å². The predicted octanol–water partition coefficient (Wildman–Crippen LogP) is 1.07. The Morgan fingerprint density at radius 1 is 1.42 bits per heavy atom. The number of aliphatic hydroxyl groups excluding tert-OH is 1. The molecule has 0 aromatic carbocycles. The van der Waals surface area contributed by atoms with E-state index in [1.807, 2.05) is 19.5 Å². The first-order valence-corrected chi connectivity index (χ1v) is 8.33. The molecule has 0 aliphatic heterocycles. The molecule has 19 heavy (non-hydrogen) atoms. The molecule has 0 atom stereocenters. The van der Waals surface area contributed by atoms with Crippen LogP contribution >= 0.6 is 11.3 Å². The van der Waals surface area contributed by atoms with Crippen molar-refractivity contribution < 1.29 is 22.8 Å². The SMILES string of the molecule is CN(C)Cc1cc(OCCCO)cs1.CS(=O)(=O)O. The van der Waals surface area contributed by atoms with E-state index in [2.05, 4.69) is 11.0 Å². The Balaban J connectivity index is 0.000000555. The van der Waals surface area contributed by atoms with Crippen LogP contribution in [-0.2, 0) is 16.7 Å². The van der Waals surface area contributed by atoms with E-state index in [0.717, 1.165) is 12.3 Å². The molecule has 1 aromatic rings. The zero-order chi connectivity index (χ0) is 14.9. The lowest BCUT2D eigenvalue weighted by Gasteiger charge is -2.06. The average molecular weight is 311 g/mol. The van der Waals surface area contributed by atoms with Crippen molar-refractivity contribution in [3.05, 3.63) is 16.3 Å². The van der Waals surface area contributed by atoms with Crippen LogP contribution in [0, 0.1) is 0 Å². The predicted molar refractivity (Wildman–Crippen MR) is 76.4 cm³/mol. The molecule has 0 saturated carbocycles. The van der Waals surface area contributed by atoms with Crippen LogP contribution < -0.4 is 4.74 Å². The van der Waals surface area contributed by atoms with Crippen molar-refractivity contribution in [2.45, 2.75) is 13.0 Å². The third-order valence-corrected chi connectivity index (χ3v) is 2.57. The van der Waals surface area contributed by atoms with Crippen molar-refractivity contribution in [3.8, 4) is 5.75 Å². The van der Waals surface area contributed by atoms with E-state index >= 15 is 0 Å². The second kappa shape index (κ2) is 9.27. The molecule has 1 aromatic heterocycles. The molecular formula is C11H21NO5S2. The first-order chi connectivity index (χ1) is 8.72. The summed E-state index contributed by atoms with van der Waals surface area (Å²) in [6.45, 7) is 1.73. The van der Waals surface area contributed by atoms with Gasteiger partial charge in [-0.2, -0.15) is 8.42 Å². The standard InChI is InChI=1S/C10H17NO2S.CH4O3S/c1-11(2)7-10-6-9(8-14-10)13-5-3-4-12;1-5(2,3)4/h6,8,12H,3-5,7H2,1-2H3;1H3,(H,2,3,4). The fourth-order valence-corrected chi connectivity index (χ4v) is 2.01. The minimum absolute atomic E-state index is 0.189. The molecule has 0 saturated heterocycles. The highest BCUT2D eigenvalue weighted by Gasteiger charge is 2.01. The van der Waals surface area contributed by atoms with Crippen LogP contribution in [0.25, 0.3) is 0 Å². The molecule has 8 heteroatoms. The Labute approximate surface area is 118 Å². The van der Waals surface area contributed by atoms with Gasteiger partial charge in [0.15, 0.2) is 0 Å². The van der Waals surface area contributed by atoms with Crippen molar-refractivity contribution in [1.82, 2.24) is 4.90 Å². The number of ether oxygens (including phenoxy) is 1. The van der Waals surface area contributed by atoms with Gasteiger partial charge in [0, 0.05) is 29.8 Å². The van der Waals surface area contributed by atoms with Gasteiger partial charge in [-0.25, -0.2) is 0 Å². The molecule has 1 heterocycles. The summed E-state index contributed by atoms with van der Waals surface area (Å²) in [5.74, 6) is 0.917. The van der Waals surface area contributed by atoms with Crippen molar-refractivity contribution >= 4 is 21.5 Å². The summed E-state index contributed by atoms with van der Waals surface area (Å²) >= 11 is 1.71. The second-order valence-electron chi connectivity index (χ2n) is 4.15. The zero-order valence-corrected chi connectivity index (χ0v) is 13.0. The molecule has 0 spiro atoms. The number of aliphatic hydroxyl groups is 1. The minimum Gasteiger partial charge on any atom is -0.493 e. The molecule has 0 radical (unpaired) electrons. The maximum Gasteiger partial charge on any atom is 0.261 e. The normalized spacial score (nSPS) is 11.1. The Morgan fingerprint density at radius 2 is 2.00 bits per heavy atom. The van der Waals surface area contributed by atoms with Gasteiger partial charge in [0.05, 0.1) is 12.9 Å². The van der Waals surface area contributed by atoms with Crippen LogP contribution in [-0.4, -0.2) is 56.5 Å². The van der Waals surface area contributed by atoms with Gasteiger partial charge < -0.3 is 14.7 Å². The van der Waals surface area contributed by atoms with E-state index in [1.165, 1.54) is 4.88 Å². The maximum atomic E-state index is 9.19. The summed E-state index contributed by atoms with van der Waals surface area (Å²) in [6.07, 6.45) is 1.41. The summed E-state index contributed by atoms with van der Waals surface area (Å²) in [5.41, 5.74) is 0. The van der Waals surface area contributed by atoms with Crippen molar-refractivity contribution in [1.29, 1.82) is 0 Å². The van der Waals surface area contributed by atoms with Crippen LogP contribution in [0.3, 0.4) is 0 Å². The van der Waals surface area contributed by atoms with Gasteiger partial charge in [-0.3, -0.25) is 4.55 Å². The monoisotopic (exact) mass is 311 g/mol. The van der Waals surface area contributed by atoms with Gasteiger partial charge >= 0.3 is 0 Å². The summed E-state index contributed by atoms with van der Waals surface area (Å²) in [7, 11) is 0.429. The zero-order valence-electron chi connectivity index (χ0n) is 11.4. The number of rotatable bonds is 6. The topological polar surface area (TPSA) is 87.1 Å². The average Bonchev–Trinajstić information content (AvgIpc) is 2.62. The molecule has 0 aliphatic carbocycles. The van der Waals surface area contributed by atoms with Crippen LogP contribution in [0.5, 0.6) is 5.75 Å². The van der Waals surface area contributed by atoms with Gasteiger partial charge in [0.25, 0.3) is 10.1 Å². The second-order valence-corrected chi connectivity index (χ2v) is 6.61. The molecule has 112 valence electrons. The maximum absolute atomic E-state index is 9.19. The van der Waals surface area contributed by atoms with Crippen molar-refractivity contribution in [3.63, 3.8) is 0 Å². The van der Waals surface area contributed by atoms with Gasteiger partial charge in [-0.15, -0.1) is 11.3 Å². The summed E-state index contributed by atoms with van der Waals surface area (Å²) in [6, 6.07) is 2.06. The lowest BCUT2D eigenvalue weighted by molar-refractivity contribution is 0.234. The fraction of sp³-hybridized carbons (Fsp3) is 0.636. The smallest absolute Gasteiger partial charge is 0.261 e. The van der Waals surface area contributed by atoms with E-state index < -0.39 is 10.1 Å². The highest BCUT2D eigenvalue weighted by atomic mass is 32.2. The summed E-state index contributed by atoms with van der Waals surface area (Å²) in [5, 5.41) is 10.6. The third kappa shape index (κ3) is 13.6. The van der Waals surface area contributed by atoms with Crippen LogP contribution in [0.4, 0.5) is 0 Å². The minimum atomic E-state index is -3.67. The molecule has 0 unspecified atom stereocenters. The van der Waals surface area contributed by atoms with Gasteiger partial charge in [-0.05, 0) is 20.2 Å². The highest BCUT2D eigenvalue weighted by molar-refractivity contribution is 7.85. The first-order valence-electron chi connectivity index (χ1n) is 5.60. The van der Waals surface area contributed by atoms with Crippen molar-refractivity contribution in [2.75, 3.05) is 33.6 Å². The number of hydrogen-bond acceptors (Lipinski definition) is 6. The Morgan fingerprint density at radius 3 is 2.47 bits per heavy atom. The molecule has 0 fully saturated rings. The first kappa shape index (κ1) is 18.3. The van der Waals surface area contributed by atoms with Crippen LogP contribution in [0.2, 0.25) is 0 Å². The molecule has 0 aliphatic rings. The molecule has 0 amide bonds. The Hall–Kier alpha value is -0.670. The highest BCUT2D eigenvalue weighted by Crippen LogP contribution is 2.22. The molecule has 2 N–H and O–H groups in total. The molecule has 1 rings (SSSR count). The van der Waals surface area contributed by atoms with Gasteiger partial charge in [0.1, 0.15) is 5.75 Å². The fourth-order valence-electron chi connectivity index (χ4n) is 1.09. The number of nitrogens with zero attached hydrogens (tertiary/aromatic N) is 1. The van der Waals surface area contributed by atoms with E-state index in [-0.39, 0.29) is 6.61 Å². The molecule has 6 nitrogen and oxygen atoms in total. The number of hydrogen-bond donors (Lipinski definition) is 2. The summed E-state index contributed by atoms with van der Waals surface area (Å²) in [4.78, 5) is 3.43. The Bertz CT molecular complexity index is 434. The van der Waals surface area contributed by atoms with Gasteiger partial charge in [-0.1, -0.05) is 0 Å². The molecular weight excluding hydrogens is 290 g/mol. The van der Waals surface area contributed by atoms with E-state index in [9.17, 15) is 8.42 Å². The van der Waals surface area contributed by atoms with E-state index in [1.54, 1.807) is 11.3 Å².